The van der Waals surface area contributed by atoms with Crippen molar-refractivity contribution in [3.05, 3.63) is 0 Å². The van der Waals surface area contributed by atoms with Crippen LogP contribution in [0.15, 0.2) is 4.99 Å². The van der Waals surface area contributed by atoms with Gasteiger partial charge in [0, 0.05) is 57.1 Å². The molecule has 2 N–H and O–H groups in total. The van der Waals surface area contributed by atoms with Gasteiger partial charge in [0.1, 0.15) is 0 Å². The first kappa shape index (κ1) is 16.2. The molecule has 2 aliphatic carbocycles. The molecule has 4 rings (SSSR count). The number of piperidine rings is 1. The Morgan fingerprint density at radius 1 is 1.21 bits per heavy atom. The summed E-state index contributed by atoms with van der Waals surface area (Å²) in [6.07, 6.45) is 7.56. The summed E-state index contributed by atoms with van der Waals surface area (Å²) in [5, 5.41) is 7.32. The molecule has 0 radical (unpaired) electrons. The van der Waals surface area contributed by atoms with Crippen LogP contribution in [0.4, 0.5) is 0 Å². The van der Waals surface area contributed by atoms with E-state index in [9.17, 15) is 4.79 Å². The zero-order valence-corrected chi connectivity index (χ0v) is 14.9. The topological polar surface area (TPSA) is 66.0 Å². The van der Waals surface area contributed by atoms with Crippen molar-refractivity contribution in [2.24, 2.45) is 16.3 Å². The Hall–Kier alpha value is -1.30. The summed E-state index contributed by atoms with van der Waals surface area (Å²) in [7, 11) is 1.86. The highest BCUT2D eigenvalue weighted by Gasteiger charge is 2.66. The Bertz CT molecular complexity index is 523. The van der Waals surface area contributed by atoms with Gasteiger partial charge in [-0.15, -0.1) is 0 Å². The molecule has 4 fully saturated rings. The van der Waals surface area contributed by atoms with Gasteiger partial charge in [-0.1, -0.05) is 6.42 Å². The molecule has 0 aromatic heterocycles. The van der Waals surface area contributed by atoms with Crippen LogP contribution >= 0.6 is 0 Å². The molecular weight excluding hydrogens is 304 g/mol. The Kier molecular flexibility index (Phi) is 4.19. The minimum atomic E-state index is 0.185. The molecule has 6 nitrogen and oxygen atoms in total. The number of guanidine groups is 1. The Morgan fingerprint density at radius 2 is 1.96 bits per heavy atom. The summed E-state index contributed by atoms with van der Waals surface area (Å²) in [6.45, 7) is 4.26. The zero-order chi connectivity index (χ0) is 16.7. The number of carbonyl (C=O) groups excluding carboxylic acids is 1. The van der Waals surface area contributed by atoms with E-state index in [-0.39, 0.29) is 5.91 Å². The van der Waals surface area contributed by atoms with Crippen molar-refractivity contribution in [1.29, 1.82) is 0 Å². The fourth-order valence-corrected chi connectivity index (χ4v) is 5.31. The molecule has 6 heteroatoms. The van der Waals surface area contributed by atoms with Gasteiger partial charge in [-0.25, -0.2) is 0 Å². The van der Waals surface area contributed by atoms with Crippen molar-refractivity contribution >= 4 is 11.9 Å². The normalized spacial score (nSPS) is 35.2. The molecule has 0 aromatic carbocycles. The molecule has 1 amide bonds. The van der Waals surface area contributed by atoms with E-state index in [0.717, 1.165) is 38.5 Å². The molecule has 1 spiro atoms. The third-order valence-corrected chi connectivity index (χ3v) is 6.83. The second-order valence-corrected chi connectivity index (χ2v) is 7.95. The summed E-state index contributed by atoms with van der Waals surface area (Å²) in [6, 6.07) is 0.919. The van der Waals surface area contributed by atoms with Gasteiger partial charge in [0.2, 0.25) is 5.91 Å². The van der Waals surface area contributed by atoms with Gasteiger partial charge in [0.15, 0.2) is 5.96 Å². The molecule has 4 aliphatic rings. The van der Waals surface area contributed by atoms with E-state index in [1.54, 1.807) is 6.92 Å². The van der Waals surface area contributed by atoms with Gasteiger partial charge in [-0.2, -0.15) is 0 Å². The van der Waals surface area contributed by atoms with Crippen molar-refractivity contribution in [2.75, 3.05) is 26.7 Å². The van der Waals surface area contributed by atoms with Crippen LogP contribution in [0.25, 0.3) is 0 Å². The predicted octanol–water partition coefficient (Wildman–Crippen LogP) is 1.12. The number of hydrogen-bond donors (Lipinski definition) is 2. The van der Waals surface area contributed by atoms with Crippen molar-refractivity contribution in [1.82, 2.24) is 15.5 Å². The van der Waals surface area contributed by atoms with E-state index in [0.29, 0.717) is 29.5 Å². The van der Waals surface area contributed by atoms with Gasteiger partial charge >= 0.3 is 0 Å². The van der Waals surface area contributed by atoms with E-state index >= 15 is 0 Å². The van der Waals surface area contributed by atoms with Crippen LogP contribution in [0.5, 0.6) is 0 Å². The van der Waals surface area contributed by atoms with Crippen LogP contribution in [-0.4, -0.2) is 61.7 Å². The summed E-state index contributed by atoms with van der Waals surface area (Å²) in [5.41, 5.74) is 0.372. The number of aliphatic imine (C=N–C) groups is 1. The summed E-state index contributed by atoms with van der Waals surface area (Å²) in [4.78, 5) is 17.9. The molecule has 3 atom stereocenters. The van der Waals surface area contributed by atoms with Gasteiger partial charge in [-0.05, 0) is 32.1 Å². The minimum absolute atomic E-state index is 0.185. The fourth-order valence-electron chi connectivity index (χ4n) is 5.31. The molecule has 134 valence electrons. The van der Waals surface area contributed by atoms with E-state index in [1.165, 1.54) is 25.7 Å². The van der Waals surface area contributed by atoms with Gasteiger partial charge in [-0.3, -0.25) is 9.79 Å². The molecule has 2 aliphatic heterocycles. The highest BCUT2D eigenvalue weighted by atomic mass is 16.5. The van der Waals surface area contributed by atoms with Gasteiger partial charge in [0.05, 0.1) is 6.10 Å². The maximum absolute atomic E-state index is 11.5. The number of ether oxygens (including phenoxy) is 1. The molecular formula is C18H30N4O2. The number of nitrogens with zero attached hydrogens (tertiary/aromatic N) is 2. The second kappa shape index (κ2) is 6.21. The van der Waals surface area contributed by atoms with Crippen LogP contribution < -0.4 is 10.6 Å². The smallest absolute Gasteiger partial charge is 0.219 e. The first-order valence-electron chi connectivity index (χ1n) is 9.51. The van der Waals surface area contributed by atoms with Crippen molar-refractivity contribution in [3.63, 3.8) is 0 Å². The largest absolute Gasteiger partial charge is 0.377 e. The van der Waals surface area contributed by atoms with Gasteiger partial charge < -0.3 is 20.3 Å². The lowest BCUT2D eigenvalue weighted by Gasteiger charge is -2.63. The lowest BCUT2D eigenvalue weighted by molar-refractivity contribution is -0.171. The van der Waals surface area contributed by atoms with E-state index in [4.69, 9.17) is 4.74 Å². The minimum Gasteiger partial charge on any atom is -0.377 e. The Balaban J connectivity index is 1.33. The van der Waals surface area contributed by atoms with E-state index in [1.807, 2.05) is 11.9 Å². The monoisotopic (exact) mass is 334 g/mol. The first-order chi connectivity index (χ1) is 11.6. The van der Waals surface area contributed by atoms with Crippen LogP contribution in [0.1, 0.15) is 45.4 Å². The summed E-state index contributed by atoms with van der Waals surface area (Å²) in [5.74, 6) is 1.77. The SMILES string of the molecule is CN=C(NC1CCN(C(C)=O)CC1)NC1C2CCOC2C12CCC2. The standard InChI is InChI=1S/C18H30N4O2/c1-12(23)22-9-4-13(5-10-22)20-17(19-2)21-15-14-6-11-24-16(14)18(15)7-3-8-18/h13-16H,3-11H2,1-2H3,(H2,19,20,21). The van der Waals surface area contributed by atoms with Crippen molar-refractivity contribution in [3.8, 4) is 0 Å². The number of rotatable bonds is 2. The molecule has 3 unspecified atom stereocenters. The highest BCUT2D eigenvalue weighted by Crippen LogP contribution is 2.62. The Labute approximate surface area is 144 Å². The highest BCUT2D eigenvalue weighted by molar-refractivity contribution is 5.80. The number of fused-ring (bicyclic) bond motifs is 2. The predicted molar refractivity (Wildman–Crippen MR) is 92.8 cm³/mol. The lowest BCUT2D eigenvalue weighted by Crippen LogP contribution is -2.72. The van der Waals surface area contributed by atoms with Crippen LogP contribution in [0.2, 0.25) is 0 Å². The van der Waals surface area contributed by atoms with Crippen LogP contribution in [-0.2, 0) is 9.53 Å². The van der Waals surface area contributed by atoms with Crippen LogP contribution in [0.3, 0.4) is 0 Å². The Morgan fingerprint density at radius 3 is 2.54 bits per heavy atom. The fraction of sp³-hybridized carbons (Fsp3) is 0.889. The molecule has 0 aromatic rings. The summed E-state index contributed by atoms with van der Waals surface area (Å²) < 4.78 is 6.00. The lowest BCUT2D eigenvalue weighted by atomic mass is 9.46. The quantitative estimate of drug-likeness (QED) is 0.587. The van der Waals surface area contributed by atoms with Gasteiger partial charge in [0.25, 0.3) is 0 Å². The molecule has 2 heterocycles. The average Bonchev–Trinajstić information content (AvgIpc) is 2.95. The molecule has 24 heavy (non-hydrogen) atoms. The maximum Gasteiger partial charge on any atom is 0.219 e. The molecule has 0 bridgehead atoms. The number of carbonyl (C=O) groups is 1. The number of hydrogen-bond acceptors (Lipinski definition) is 3. The first-order valence-corrected chi connectivity index (χ1v) is 9.51. The maximum atomic E-state index is 11.5. The third-order valence-electron chi connectivity index (χ3n) is 6.83. The van der Waals surface area contributed by atoms with Crippen LogP contribution in [0, 0.1) is 11.3 Å². The average molecular weight is 334 g/mol. The third kappa shape index (κ3) is 2.50. The van der Waals surface area contributed by atoms with E-state index < -0.39 is 0 Å². The molecule has 2 saturated heterocycles. The van der Waals surface area contributed by atoms with E-state index in [2.05, 4.69) is 15.6 Å². The summed E-state index contributed by atoms with van der Waals surface area (Å²) >= 11 is 0. The second-order valence-electron chi connectivity index (χ2n) is 7.95. The number of amides is 1. The molecule has 2 saturated carbocycles. The van der Waals surface area contributed by atoms with Crippen molar-refractivity contribution in [2.45, 2.75) is 63.6 Å². The number of likely N-dealkylation sites (tertiary alicyclic amines) is 1. The zero-order valence-electron chi connectivity index (χ0n) is 14.9. The number of nitrogens with one attached hydrogen (secondary N) is 2. The van der Waals surface area contributed by atoms with Crippen molar-refractivity contribution < 1.29 is 9.53 Å².